The van der Waals surface area contributed by atoms with Crippen molar-refractivity contribution in [2.75, 3.05) is 13.2 Å². The normalized spacial score (nSPS) is 8.90. The van der Waals surface area contributed by atoms with Crippen molar-refractivity contribution in [2.24, 2.45) is 0 Å². The fraction of sp³-hybridized carbons (Fsp3) is 0.667. The largest absolute Gasteiger partial charge is 0.387 e. The predicted molar refractivity (Wildman–Crippen MR) is 35.0 cm³/mol. The van der Waals surface area contributed by atoms with Crippen molar-refractivity contribution in [3.8, 4) is 0 Å². The number of unbranched alkanes of at least 4 members (excludes halogenated alkanes) is 1. The molecule has 0 spiro atoms. The van der Waals surface area contributed by atoms with Crippen LogP contribution in [-0.4, -0.2) is 30.5 Å². The lowest BCUT2D eigenvalue weighted by molar-refractivity contribution is -0.123. The topological polar surface area (TPSA) is 66.4 Å². The first-order chi connectivity index (χ1) is 4.81. The van der Waals surface area contributed by atoms with Gasteiger partial charge in [0.25, 0.3) is 0 Å². The standard InChI is InChI=1S/C6H10NO3/c8-4-2-1-3-7-6(10)5-9/h9H,1-3,5H2,(H,7,10). The second kappa shape index (κ2) is 6.22. The fourth-order valence-electron chi connectivity index (χ4n) is 0.444. The fourth-order valence-corrected chi connectivity index (χ4v) is 0.444. The molecular formula is C6H10NO3. The van der Waals surface area contributed by atoms with Crippen molar-refractivity contribution in [1.29, 1.82) is 0 Å². The number of amides is 1. The zero-order valence-electron chi connectivity index (χ0n) is 5.59. The Kier molecular flexibility index (Phi) is 5.66. The molecule has 0 aliphatic heterocycles. The maximum Gasteiger partial charge on any atom is 0.245 e. The van der Waals surface area contributed by atoms with Gasteiger partial charge in [0, 0.05) is 13.0 Å². The maximum atomic E-state index is 10.3. The van der Waals surface area contributed by atoms with Crippen LogP contribution in [0.5, 0.6) is 0 Å². The summed E-state index contributed by atoms with van der Waals surface area (Å²) in [4.78, 5) is 19.9. The minimum absolute atomic E-state index is 0.325. The maximum absolute atomic E-state index is 10.3. The number of nitrogens with one attached hydrogen (secondary N) is 1. The number of hydrogen-bond donors (Lipinski definition) is 2. The van der Waals surface area contributed by atoms with Gasteiger partial charge in [-0.3, -0.25) is 9.59 Å². The van der Waals surface area contributed by atoms with Crippen molar-refractivity contribution in [1.82, 2.24) is 5.32 Å². The third kappa shape index (κ3) is 5.24. The van der Waals surface area contributed by atoms with Crippen LogP contribution in [0.2, 0.25) is 0 Å². The molecule has 0 saturated carbocycles. The summed E-state index contributed by atoms with van der Waals surface area (Å²) in [6, 6.07) is 0. The molecule has 0 fully saturated rings. The van der Waals surface area contributed by atoms with Gasteiger partial charge in [-0.1, -0.05) is 0 Å². The van der Waals surface area contributed by atoms with Gasteiger partial charge >= 0.3 is 0 Å². The number of aliphatic hydroxyl groups is 1. The SMILES string of the molecule is O=[C]CCCNC(=O)CO. The third-order valence-electron chi connectivity index (χ3n) is 0.921. The number of carbonyl (C=O) groups excluding carboxylic acids is 2. The number of aliphatic hydroxyl groups excluding tert-OH is 1. The summed E-state index contributed by atoms with van der Waals surface area (Å²) < 4.78 is 0. The van der Waals surface area contributed by atoms with E-state index in [1.807, 2.05) is 0 Å². The molecule has 0 atom stereocenters. The minimum Gasteiger partial charge on any atom is -0.387 e. The van der Waals surface area contributed by atoms with Gasteiger partial charge in [0.15, 0.2) is 6.29 Å². The van der Waals surface area contributed by atoms with E-state index in [4.69, 9.17) is 5.11 Å². The molecule has 0 aromatic carbocycles. The lowest BCUT2D eigenvalue weighted by Gasteiger charge is -1.98. The van der Waals surface area contributed by atoms with Crippen LogP contribution in [0, 0.1) is 0 Å². The number of rotatable bonds is 5. The summed E-state index contributed by atoms with van der Waals surface area (Å²) in [5.74, 6) is -0.411. The van der Waals surface area contributed by atoms with Gasteiger partial charge in [0.2, 0.25) is 5.91 Å². The van der Waals surface area contributed by atoms with Gasteiger partial charge in [-0.2, -0.15) is 0 Å². The van der Waals surface area contributed by atoms with E-state index in [-0.39, 0.29) is 0 Å². The van der Waals surface area contributed by atoms with E-state index in [9.17, 15) is 9.59 Å². The molecule has 0 saturated heterocycles. The highest BCUT2D eigenvalue weighted by Crippen LogP contribution is 1.79. The van der Waals surface area contributed by atoms with Crippen LogP contribution < -0.4 is 5.32 Å². The van der Waals surface area contributed by atoms with E-state index in [1.165, 1.54) is 0 Å². The van der Waals surface area contributed by atoms with Crippen molar-refractivity contribution in [3.63, 3.8) is 0 Å². The lowest BCUT2D eigenvalue weighted by atomic mass is 10.3. The molecule has 4 nitrogen and oxygen atoms in total. The van der Waals surface area contributed by atoms with E-state index in [1.54, 1.807) is 6.29 Å². The molecule has 57 valence electrons. The Labute approximate surface area is 59.2 Å². The molecular weight excluding hydrogens is 134 g/mol. The Morgan fingerprint density at radius 3 is 2.80 bits per heavy atom. The third-order valence-corrected chi connectivity index (χ3v) is 0.921. The molecule has 10 heavy (non-hydrogen) atoms. The van der Waals surface area contributed by atoms with Gasteiger partial charge in [-0.05, 0) is 6.42 Å². The quantitative estimate of drug-likeness (QED) is 0.485. The second-order valence-electron chi connectivity index (χ2n) is 1.76. The van der Waals surface area contributed by atoms with Crippen molar-refractivity contribution in [3.05, 3.63) is 0 Å². The van der Waals surface area contributed by atoms with Crippen LogP contribution >= 0.6 is 0 Å². The molecule has 1 radical (unpaired) electrons. The highest BCUT2D eigenvalue weighted by Gasteiger charge is 1.94. The molecule has 0 aromatic heterocycles. The summed E-state index contributed by atoms with van der Waals surface area (Å²) >= 11 is 0. The molecule has 0 bridgehead atoms. The van der Waals surface area contributed by atoms with Crippen LogP contribution in [0.25, 0.3) is 0 Å². The van der Waals surface area contributed by atoms with Crippen LogP contribution in [-0.2, 0) is 9.59 Å². The summed E-state index contributed by atoms with van der Waals surface area (Å²) in [6.45, 7) is -0.0700. The molecule has 0 aliphatic rings. The minimum atomic E-state index is -0.495. The van der Waals surface area contributed by atoms with E-state index in [2.05, 4.69) is 5.32 Å². The molecule has 0 rings (SSSR count). The lowest BCUT2D eigenvalue weighted by Crippen LogP contribution is -2.27. The van der Waals surface area contributed by atoms with E-state index in [0.29, 0.717) is 19.4 Å². The summed E-state index contributed by atoms with van der Waals surface area (Å²) in [5.41, 5.74) is 0. The second-order valence-corrected chi connectivity index (χ2v) is 1.76. The molecule has 0 aliphatic carbocycles. The average Bonchev–Trinajstić information content (AvgIpc) is 1.98. The zero-order chi connectivity index (χ0) is 7.82. The highest BCUT2D eigenvalue weighted by atomic mass is 16.3. The Bertz CT molecular complexity index is 114. The van der Waals surface area contributed by atoms with Gasteiger partial charge in [-0.25, -0.2) is 0 Å². The zero-order valence-corrected chi connectivity index (χ0v) is 5.59. The molecule has 2 N–H and O–H groups in total. The molecule has 0 heterocycles. The molecule has 1 amide bonds. The van der Waals surface area contributed by atoms with Crippen LogP contribution in [0.4, 0.5) is 0 Å². The van der Waals surface area contributed by atoms with Crippen molar-refractivity contribution >= 4 is 12.2 Å². The number of hydrogen-bond acceptors (Lipinski definition) is 3. The van der Waals surface area contributed by atoms with E-state index in [0.717, 1.165) is 0 Å². The van der Waals surface area contributed by atoms with Gasteiger partial charge < -0.3 is 10.4 Å². The highest BCUT2D eigenvalue weighted by molar-refractivity contribution is 5.76. The van der Waals surface area contributed by atoms with Gasteiger partial charge in [0.1, 0.15) is 6.61 Å². The van der Waals surface area contributed by atoms with E-state index < -0.39 is 12.5 Å². The summed E-state index contributed by atoms with van der Waals surface area (Å²) in [7, 11) is 0. The first-order valence-corrected chi connectivity index (χ1v) is 3.04. The Morgan fingerprint density at radius 1 is 1.60 bits per heavy atom. The van der Waals surface area contributed by atoms with Gasteiger partial charge in [0.05, 0.1) is 0 Å². The summed E-state index contributed by atoms with van der Waals surface area (Å²) in [5, 5.41) is 10.6. The first kappa shape index (κ1) is 9.10. The van der Waals surface area contributed by atoms with Crippen LogP contribution in [0.15, 0.2) is 0 Å². The number of carbonyl (C=O) groups is 1. The molecule has 4 heteroatoms. The first-order valence-electron chi connectivity index (χ1n) is 3.04. The molecule has 0 unspecified atom stereocenters. The average molecular weight is 144 g/mol. The smallest absolute Gasteiger partial charge is 0.245 e. The van der Waals surface area contributed by atoms with Gasteiger partial charge in [-0.15, -0.1) is 0 Å². The van der Waals surface area contributed by atoms with E-state index >= 15 is 0 Å². The monoisotopic (exact) mass is 144 g/mol. The summed E-state index contributed by atoms with van der Waals surface area (Å²) in [6.07, 6.45) is 2.60. The predicted octanol–water partition coefficient (Wildman–Crippen LogP) is -1.02. The van der Waals surface area contributed by atoms with Crippen LogP contribution in [0.3, 0.4) is 0 Å². The van der Waals surface area contributed by atoms with Crippen LogP contribution in [0.1, 0.15) is 12.8 Å². The molecule has 0 aromatic rings. The Morgan fingerprint density at radius 2 is 2.30 bits per heavy atom. The Hall–Kier alpha value is -0.900. The van der Waals surface area contributed by atoms with Crippen molar-refractivity contribution in [2.45, 2.75) is 12.8 Å². The van der Waals surface area contributed by atoms with Crippen molar-refractivity contribution < 1.29 is 14.7 Å². The Balaban J connectivity index is 3.03.